The van der Waals surface area contributed by atoms with Crippen molar-refractivity contribution in [1.82, 2.24) is 9.97 Å². The highest BCUT2D eigenvalue weighted by Crippen LogP contribution is 2.28. The number of halogens is 2. The molecular weight excluding hydrogens is 339 g/mol. The second kappa shape index (κ2) is 7.49. The Morgan fingerprint density at radius 2 is 1.76 bits per heavy atom. The highest BCUT2D eigenvalue weighted by Gasteiger charge is 2.10. The molecule has 6 heteroatoms. The molecule has 0 bridgehead atoms. The van der Waals surface area contributed by atoms with E-state index in [1.54, 1.807) is 6.07 Å². The van der Waals surface area contributed by atoms with Crippen LogP contribution in [0.4, 0.5) is 21.8 Å². The minimum Gasteiger partial charge on any atom is -0.352 e. The zero-order valence-electron chi connectivity index (χ0n) is 13.9. The normalized spacial score (nSPS) is 10.8. The Morgan fingerprint density at radius 3 is 2.44 bits per heavy atom. The number of benzene rings is 2. The summed E-state index contributed by atoms with van der Waals surface area (Å²) in [5.41, 5.74) is 2.33. The Balaban J connectivity index is 2.00. The van der Waals surface area contributed by atoms with Crippen LogP contribution in [0.3, 0.4) is 0 Å². The average Bonchev–Trinajstić information content (AvgIpc) is 2.57. The van der Waals surface area contributed by atoms with Crippen LogP contribution in [-0.2, 0) is 0 Å². The van der Waals surface area contributed by atoms with Crippen LogP contribution in [0.5, 0.6) is 0 Å². The molecule has 25 heavy (non-hydrogen) atoms. The van der Waals surface area contributed by atoms with E-state index in [9.17, 15) is 4.39 Å². The lowest BCUT2D eigenvalue weighted by atomic mass is 10.1. The van der Waals surface area contributed by atoms with Crippen LogP contribution in [0, 0.1) is 5.82 Å². The number of aromatic nitrogens is 2. The van der Waals surface area contributed by atoms with Gasteiger partial charge in [0.2, 0.25) is 5.95 Å². The largest absolute Gasteiger partial charge is 0.352 e. The summed E-state index contributed by atoms with van der Waals surface area (Å²) >= 11 is 6.10. The molecule has 0 aliphatic carbocycles. The molecule has 0 unspecified atom stereocenters. The molecule has 0 amide bonds. The van der Waals surface area contributed by atoms with Gasteiger partial charge in [-0.05, 0) is 32.0 Å². The molecule has 0 saturated carbocycles. The molecule has 3 aromatic rings. The molecule has 2 N–H and O–H groups in total. The van der Waals surface area contributed by atoms with E-state index in [2.05, 4.69) is 20.6 Å². The molecule has 4 nitrogen and oxygen atoms in total. The van der Waals surface area contributed by atoms with Gasteiger partial charge in [0.05, 0.1) is 16.4 Å². The van der Waals surface area contributed by atoms with Crippen LogP contribution in [0.15, 0.2) is 54.6 Å². The molecule has 0 saturated heterocycles. The van der Waals surface area contributed by atoms with Gasteiger partial charge in [-0.2, -0.15) is 4.98 Å². The first-order chi connectivity index (χ1) is 12.0. The fourth-order valence-corrected chi connectivity index (χ4v) is 2.53. The lowest BCUT2D eigenvalue weighted by Gasteiger charge is -2.13. The molecule has 128 valence electrons. The van der Waals surface area contributed by atoms with Gasteiger partial charge in [0.25, 0.3) is 0 Å². The molecule has 0 spiro atoms. The van der Waals surface area contributed by atoms with Crippen molar-refractivity contribution >= 4 is 29.1 Å². The molecule has 0 aliphatic heterocycles. The zero-order chi connectivity index (χ0) is 17.8. The van der Waals surface area contributed by atoms with E-state index in [4.69, 9.17) is 11.6 Å². The maximum absolute atomic E-state index is 13.2. The Hall–Kier alpha value is -2.66. The topological polar surface area (TPSA) is 49.8 Å². The summed E-state index contributed by atoms with van der Waals surface area (Å²) in [4.78, 5) is 9.04. The Bertz CT molecular complexity index is 869. The van der Waals surface area contributed by atoms with Crippen LogP contribution in [-0.4, -0.2) is 16.0 Å². The van der Waals surface area contributed by atoms with Crippen molar-refractivity contribution in [2.45, 2.75) is 19.9 Å². The van der Waals surface area contributed by atoms with Crippen LogP contribution in [0.2, 0.25) is 5.02 Å². The predicted molar refractivity (Wildman–Crippen MR) is 101 cm³/mol. The molecule has 3 rings (SSSR count). The van der Waals surface area contributed by atoms with E-state index < -0.39 is 0 Å². The van der Waals surface area contributed by atoms with Crippen molar-refractivity contribution in [1.29, 1.82) is 0 Å². The Labute approximate surface area is 151 Å². The molecular formula is C19H18ClFN4. The van der Waals surface area contributed by atoms with Crippen molar-refractivity contribution in [2.24, 2.45) is 0 Å². The fraction of sp³-hybridized carbons (Fsp3) is 0.158. The standard InChI is InChI=1S/C19H18ClFN4/c1-12(2)22-19-24-17(13-6-4-3-5-7-13)11-18(25-19)23-16-9-8-14(21)10-15(16)20/h3-12H,1-2H3,(H2,22,23,24,25). The van der Waals surface area contributed by atoms with E-state index >= 15 is 0 Å². The molecule has 1 aromatic heterocycles. The van der Waals surface area contributed by atoms with Gasteiger partial charge in [-0.25, -0.2) is 9.37 Å². The van der Waals surface area contributed by atoms with Crippen molar-refractivity contribution in [2.75, 3.05) is 10.6 Å². The predicted octanol–water partition coefficient (Wildman–Crippen LogP) is 5.50. The monoisotopic (exact) mass is 356 g/mol. The third-order valence-electron chi connectivity index (χ3n) is 3.41. The van der Waals surface area contributed by atoms with Gasteiger partial charge in [-0.3, -0.25) is 0 Å². The van der Waals surface area contributed by atoms with Gasteiger partial charge in [0.15, 0.2) is 0 Å². The van der Waals surface area contributed by atoms with Gasteiger partial charge >= 0.3 is 0 Å². The number of nitrogens with zero attached hydrogens (tertiary/aromatic N) is 2. The van der Waals surface area contributed by atoms with E-state index in [1.807, 2.05) is 50.2 Å². The van der Waals surface area contributed by atoms with Crippen LogP contribution in [0.25, 0.3) is 11.3 Å². The van der Waals surface area contributed by atoms with Crippen molar-refractivity contribution in [3.05, 3.63) is 65.4 Å². The third-order valence-corrected chi connectivity index (χ3v) is 3.72. The first kappa shape index (κ1) is 17.2. The first-order valence-electron chi connectivity index (χ1n) is 7.94. The molecule has 0 radical (unpaired) electrons. The quantitative estimate of drug-likeness (QED) is 0.633. The number of hydrogen-bond donors (Lipinski definition) is 2. The van der Waals surface area contributed by atoms with E-state index in [0.717, 1.165) is 11.3 Å². The molecule has 1 heterocycles. The maximum Gasteiger partial charge on any atom is 0.225 e. The van der Waals surface area contributed by atoms with Gasteiger partial charge in [-0.15, -0.1) is 0 Å². The van der Waals surface area contributed by atoms with Crippen LogP contribution in [0.1, 0.15) is 13.8 Å². The summed E-state index contributed by atoms with van der Waals surface area (Å²) in [7, 11) is 0. The van der Waals surface area contributed by atoms with Crippen molar-refractivity contribution in [3.63, 3.8) is 0 Å². The van der Waals surface area contributed by atoms with Gasteiger partial charge in [0, 0.05) is 17.7 Å². The van der Waals surface area contributed by atoms with Crippen LogP contribution >= 0.6 is 11.6 Å². The van der Waals surface area contributed by atoms with Crippen molar-refractivity contribution < 1.29 is 4.39 Å². The summed E-state index contributed by atoms with van der Waals surface area (Å²) in [5.74, 6) is 0.702. The summed E-state index contributed by atoms with van der Waals surface area (Å²) < 4.78 is 13.2. The molecule has 0 fully saturated rings. The first-order valence-corrected chi connectivity index (χ1v) is 8.32. The summed E-state index contributed by atoms with van der Waals surface area (Å²) in [6.45, 7) is 4.03. The van der Waals surface area contributed by atoms with Gasteiger partial charge in [0.1, 0.15) is 11.6 Å². The van der Waals surface area contributed by atoms with Gasteiger partial charge < -0.3 is 10.6 Å². The third kappa shape index (κ3) is 4.45. The second-order valence-electron chi connectivity index (χ2n) is 5.88. The minimum atomic E-state index is -0.384. The van der Waals surface area contributed by atoms with Crippen molar-refractivity contribution in [3.8, 4) is 11.3 Å². The van der Waals surface area contributed by atoms with E-state index in [-0.39, 0.29) is 11.9 Å². The van der Waals surface area contributed by atoms with Gasteiger partial charge in [-0.1, -0.05) is 41.9 Å². The zero-order valence-corrected chi connectivity index (χ0v) is 14.7. The van der Waals surface area contributed by atoms with Crippen LogP contribution < -0.4 is 10.6 Å². The smallest absolute Gasteiger partial charge is 0.225 e. The lowest BCUT2D eigenvalue weighted by molar-refractivity contribution is 0.628. The van der Waals surface area contributed by atoms with E-state index in [0.29, 0.717) is 22.5 Å². The Morgan fingerprint density at radius 1 is 1.00 bits per heavy atom. The van der Waals surface area contributed by atoms with E-state index in [1.165, 1.54) is 12.1 Å². The fourth-order valence-electron chi connectivity index (χ4n) is 2.32. The second-order valence-corrected chi connectivity index (χ2v) is 6.28. The highest BCUT2D eigenvalue weighted by atomic mass is 35.5. The summed E-state index contributed by atoms with van der Waals surface area (Å²) in [5, 5.41) is 6.63. The maximum atomic E-state index is 13.2. The molecule has 0 aliphatic rings. The molecule has 0 atom stereocenters. The number of hydrogen-bond acceptors (Lipinski definition) is 4. The lowest BCUT2D eigenvalue weighted by Crippen LogP contribution is -2.13. The number of rotatable bonds is 5. The molecule has 2 aromatic carbocycles. The SMILES string of the molecule is CC(C)Nc1nc(Nc2ccc(F)cc2Cl)cc(-c2ccccc2)n1. The summed E-state index contributed by atoms with van der Waals surface area (Å²) in [6.07, 6.45) is 0. The minimum absolute atomic E-state index is 0.188. The number of anilines is 3. The average molecular weight is 357 g/mol. The number of nitrogens with one attached hydrogen (secondary N) is 2. The Kier molecular flexibility index (Phi) is 5.14. The highest BCUT2D eigenvalue weighted by molar-refractivity contribution is 6.33. The summed E-state index contributed by atoms with van der Waals surface area (Å²) in [6, 6.07) is 16.0.